The molecule has 3 aliphatic rings. The van der Waals surface area contributed by atoms with E-state index >= 15 is 4.39 Å². The summed E-state index contributed by atoms with van der Waals surface area (Å²) in [5.41, 5.74) is 10.1. The number of aromatic nitrogens is 2. The van der Waals surface area contributed by atoms with Gasteiger partial charge in [0.15, 0.2) is 5.82 Å². The fourth-order valence-corrected chi connectivity index (χ4v) is 5.26. The number of aliphatic hydroxyl groups is 1. The summed E-state index contributed by atoms with van der Waals surface area (Å²) in [4.78, 5) is 22.0. The van der Waals surface area contributed by atoms with Crippen molar-refractivity contribution in [3.63, 3.8) is 0 Å². The zero-order valence-electron chi connectivity index (χ0n) is 18.0. The molecule has 0 radical (unpaired) electrons. The van der Waals surface area contributed by atoms with Gasteiger partial charge in [0.25, 0.3) is 0 Å². The number of aliphatic hydroxyl groups excluding tert-OH is 1. The molecular weight excluding hydrogens is 425 g/mol. The standard InChI is InChI=1S/C24H24FN5O3/c1-10-17(8-29-23-15-3-12(15)7-28-22(10)23)16-2-11-4-19(27-9-18(11)21(26)20(16)25)30(24(32)33)13-5-14(31)6-13/h2,4,8-9,12-15,28,31H,3,5-7,26H2,1H3,(H,32,33). The van der Waals surface area contributed by atoms with Crippen LogP contribution in [0.5, 0.6) is 0 Å². The average Bonchev–Trinajstić information content (AvgIpc) is 3.56. The minimum Gasteiger partial charge on any atom is -0.465 e. The Balaban J connectivity index is 1.47. The van der Waals surface area contributed by atoms with Gasteiger partial charge in [-0.25, -0.2) is 14.2 Å². The lowest BCUT2D eigenvalue weighted by Gasteiger charge is -2.38. The Morgan fingerprint density at radius 1 is 1.21 bits per heavy atom. The maximum atomic E-state index is 15.4. The highest BCUT2D eigenvalue weighted by Crippen LogP contribution is 2.53. The molecule has 1 aromatic carbocycles. The molecule has 33 heavy (non-hydrogen) atoms. The van der Waals surface area contributed by atoms with Crippen LogP contribution >= 0.6 is 0 Å². The van der Waals surface area contributed by atoms with Crippen molar-refractivity contribution in [2.45, 2.75) is 44.2 Å². The number of fused-ring (bicyclic) bond motifs is 4. The van der Waals surface area contributed by atoms with Crippen LogP contribution in [0, 0.1) is 18.7 Å². The molecule has 0 spiro atoms. The minimum absolute atomic E-state index is 0.0326. The molecule has 6 rings (SSSR count). The van der Waals surface area contributed by atoms with E-state index in [4.69, 9.17) is 5.73 Å². The summed E-state index contributed by atoms with van der Waals surface area (Å²) < 4.78 is 15.4. The Bertz CT molecular complexity index is 1320. The van der Waals surface area contributed by atoms with Crippen LogP contribution in [-0.2, 0) is 0 Å². The van der Waals surface area contributed by atoms with E-state index in [1.807, 2.05) is 6.92 Å². The number of anilines is 3. The fourth-order valence-electron chi connectivity index (χ4n) is 5.26. The zero-order chi connectivity index (χ0) is 23.0. The van der Waals surface area contributed by atoms with Crippen LogP contribution in [0.1, 0.15) is 36.4 Å². The van der Waals surface area contributed by atoms with Gasteiger partial charge in [0.1, 0.15) is 5.82 Å². The monoisotopic (exact) mass is 449 g/mol. The smallest absolute Gasteiger partial charge is 0.413 e. The third kappa shape index (κ3) is 3.02. The average molecular weight is 449 g/mol. The predicted octanol–water partition coefficient (Wildman–Crippen LogP) is 3.86. The van der Waals surface area contributed by atoms with Crippen LogP contribution < -0.4 is 16.0 Å². The Morgan fingerprint density at radius 2 is 2.00 bits per heavy atom. The van der Waals surface area contributed by atoms with Gasteiger partial charge in [0, 0.05) is 47.4 Å². The number of benzene rings is 1. The number of nitrogens with one attached hydrogen (secondary N) is 1. The van der Waals surface area contributed by atoms with Gasteiger partial charge >= 0.3 is 6.09 Å². The molecule has 2 aromatic heterocycles. The summed E-state index contributed by atoms with van der Waals surface area (Å²) in [5, 5.41) is 23.8. The number of hydrogen-bond acceptors (Lipinski definition) is 6. The number of amides is 1. The molecule has 2 aliphatic carbocycles. The Hall–Kier alpha value is -3.46. The Kier molecular flexibility index (Phi) is 4.29. The molecule has 3 heterocycles. The molecule has 0 bridgehead atoms. The summed E-state index contributed by atoms with van der Waals surface area (Å²) in [7, 11) is 0. The van der Waals surface area contributed by atoms with E-state index in [1.165, 1.54) is 6.20 Å². The van der Waals surface area contributed by atoms with Crippen molar-refractivity contribution in [2.24, 2.45) is 5.92 Å². The third-order valence-electron chi connectivity index (χ3n) is 7.36. The largest absolute Gasteiger partial charge is 0.465 e. The van der Waals surface area contributed by atoms with Crippen LogP contribution in [0.3, 0.4) is 0 Å². The van der Waals surface area contributed by atoms with E-state index in [9.17, 15) is 15.0 Å². The number of halogens is 1. The number of pyridine rings is 2. The molecule has 2 fully saturated rings. The molecular formula is C24H24FN5O3. The SMILES string of the molecule is Cc1c(-c2cc3cc(N(C(=O)O)C4CC(O)C4)ncc3c(N)c2F)cnc2c1NCC1CC21. The normalized spacial score (nSPS) is 24.9. The van der Waals surface area contributed by atoms with E-state index < -0.39 is 18.0 Å². The predicted molar refractivity (Wildman–Crippen MR) is 123 cm³/mol. The maximum absolute atomic E-state index is 15.4. The van der Waals surface area contributed by atoms with Gasteiger partial charge in [-0.2, -0.15) is 0 Å². The highest BCUT2D eigenvalue weighted by Gasteiger charge is 2.44. The van der Waals surface area contributed by atoms with E-state index in [0.29, 0.717) is 46.6 Å². The first-order chi connectivity index (χ1) is 15.8. The van der Waals surface area contributed by atoms with E-state index in [0.717, 1.165) is 34.8 Å². The minimum atomic E-state index is -1.15. The van der Waals surface area contributed by atoms with Crippen LogP contribution in [0.15, 0.2) is 24.5 Å². The van der Waals surface area contributed by atoms with Crippen LogP contribution in [0.25, 0.3) is 21.9 Å². The summed E-state index contributed by atoms with van der Waals surface area (Å²) in [6.07, 6.45) is 3.32. The van der Waals surface area contributed by atoms with Gasteiger partial charge in [0.2, 0.25) is 0 Å². The lowest BCUT2D eigenvalue weighted by atomic mass is 9.88. The van der Waals surface area contributed by atoms with E-state index in [-0.39, 0.29) is 17.5 Å². The van der Waals surface area contributed by atoms with Crippen LogP contribution in [-0.4, -0.2) is 45.0 Å². The molecule has 2 saturated carbocycles. The highest BCUT2D eigenvalue weighted by molar-refractivity contribution is 5.99. The number of carboxylic acid groups (broad SMARTS) is 1. The quantitative estimate of drug-likeness (QED) is 0.448. The van der Waals surface area contributed by atoms with Crippen LogP contribution in [0.2, 0.25) is 0 Å². The van der Waals surface area contributed by atoms with Gasteiger partial charge in [-0.3, -0.25) is 9.88 Å². The first-order valence-corrected chi connectivity index (χ1v) is 11.1. The number of carbonyl (C=O) groups is 1. The number of rotatable bonds is 3. The maximum Gasteiger partial charge on any atom is 0.413 e. The van der Waals surface area contributed by atoms with Gasteiger partial charge in [-0.05, 0) is 55.2 Å². The molecule has 3 aromatic rings. The van der Waals surface area contributed by atoms with Crippen molar-refractivity contribution in [2.75, 3.05) is 22.5 Å². The molecule has 8 nitrogen and oxygen atoms in total. The first kappa shape index (κ1) is 20.2. The molecule has 2 atom stereocenters. The van der Waals surface area contributed by atoms with Gasteiger partial charge < -0.3 is 21.3 Å². The molecule has 5 N–H and O–H groups in total. The second kappa shape index (κ2) is 7.02. The van der Waals surface area contributed by atoms with Gasteiger partial charge in [0.05, 0.1) is 23.2 Å². The molecule has 0 saturated heterocycles. The summed E-state index contributed by atoms with van der Waals surface area (Å²) in [6.45, 7) is 2.86. The van der Waals surface area contributed by atoms with Gasteiger partial charge in [-0.15, -0.1) is 0 Å². The molecule has 1 aliphatic heterocycles. The second-order valence-electron chi connectivity index (χ2n) is 9.39. The number of nitrogens with zero attached hydrogens (tertiary/aromatic N) is 3. The van der Waals surface area contributed by atoms with E-state index in [2.05, 4.69) is 15.3 Å². The van der Waals surface area contributed by atoms with Crippen molar-refractivity contribution in [1.29, 1.82) is 0 Å². The molecule has 1 amide bonds. The highest BCUT2D eigenvalue weighted by atomic mass is 19.1. The van der Waals surface area contributed by atoms with Crippen molar-refractivity contribution < 1.29 is 19.4 Å². The number of hydrogen-bond donors (Lipinski definition) is 4. The molecule has 2 unspecified atom stereocenters. The summed E-state index contributed by atoms with van der Waals surface area (Å²) in [6, 6.07) is 2.95. The Morgan fingerprint density at radius 3 is 2.73 bits per heavy atom. The second-order valence-corrected chi connectivity index (χ2v) is 9.39. The van der Waals surface area contributed by atoms with E-state index in [1.54, 1.807) is 18.3 Å². The number of nitrogen functional groups attached to an aromatic ring is 1. The lowest BCUT2D eigenvalue weighted by Crippen LogP contribution is -2.50. The fraction of sp³-hybridized carbons (Fsp3) is 0.375. The van der Waals surface area contributed by atoms with Gasteiger partial charge in [-0.1, -0.05) is 0 Å². The molecule has 9 heteroatoms. The van der Waals surface area contributed by atoms with Crippen molar-refractivity contribution in [3.8, 4) is 11.1 Å². The summed E-state index contributed by atoms with van der Waals surface area (Å²) in [5.74, 6) is 0.814. The zero-order valence-corrected chi connectivity index (χ0v) is 18.0. The molecule has 170 valence electrons. The van der Waals surface area contributed by atoms with Crippen molar-refractivity contribution >= 4 is 34.1 Å². The first-order valence-electron chi connectivity index (χ1n) is 11.1. The Labute approximate surface area is 189 Å². The van der Waals surface area contributed by atoms with Crippen molar-refractivity contribution in [1.82, 2.24) is 9.97 Å². The number of nitrogens with two attached hydrogens (primary N) is 1. The third-order valence-corrected chi connectivity index (χ3v) is 7.36. The summed E-state index contributed by atoms with van der Waals surface area (Å²) >= 11 is 0. The van der Waals surface area contributed by atoms with Crippen LogP contribution in [0.4, 0.5) is 26.4 Å². The topological polar surface area (TPSA) is 125 Å². The van der Waals surface area contributed by atoms with Crippen molar-refractivity contribution in [3.05, 3.63) is 41.6 Å². The lowest BCUT2D eigenvalue weighted by molar-refractivity contribution is 0.0725.